The van der Waals surface area contributed by atoms with Crippen molar-refractivity contribution in [3.8, 4) is 23.2 Å². The number of nitrogens with one attached hydrogen (secondary N) is 1. The van der Waals surface area contributed by atoms with E-state index in [1.807, 2.05) is 24.3 Å². The number of halogens is 4. The van der Waals surface area contributed by atoms with Gasteiger partial charge >= 0.3 is 6.18 Å². The number of aromatic nitrogens is 3. The predicted octanol–water partition coefficient (Wildman–Crippen LogP) is 7.05. The summed E-state index contributed by atoms with van der Waals surface area (Å²) in [5.41, 5.74) is 0.538. The van der Waals surface area contributed by atoms with Crippen molar-refractivity contribution in [1.82, 2.24) is 14.8 Å². The van der Waals surface area contributed by atoms with Gasteiger partial charge in [0.15, 0.2) is 12.3 Å². The molecule has 7 nitrogen and oxygen atoms in total. The number of carbonyl (C=O) groups is 1. The molecular weight excluding hydrogens is 521 g/mol. The first kappa shape index (κ1) is 27.0. The summed E-state index contributed by atoms with van der Waals surface area (Å²) in [7, 11) is 0. The quantitative estimate of drug-likeness (QED) is 0.270. The molecule has 4 rings (SSSR count). The van der Waals surface area contributed by atoms with E-state index in [9.17, 15) is 18.0 Å². The third-order valence-electron chi connectivity index (χ3n) is 5.36. The molecule has 1 amide bonds. The number of anilines is 1. The zero-order valence-corrected chi connectivity index (χ0v) is 21.5. The van der Waals surface area contributed by atoms with E-state index in [1.54, 1.807) is 24.3 Å². The van der Waals surface area contributed by atoms with Crippen LogP contribution in [0, 0.1) is 0 Å². The van der Waals surface area contributed by atoms with Crippen molar-refractivity contribution < 1.29 is 27.4 Å². The highest BCUT2D eigenvalue weighted by atomic mass is 35.5. The van der Waals surface area contributed by atoms with Gasteiger partial charge in [-0.05, 0) is 41.3 Å². The molecule has 0 radical (unpaired) electrons. The molecule has 4 aromatic rings. The second-order valence-electron chi connectivity index (χ2n) is 9.33. The molecule has 38 heavy (non-hydrogen) atoms. The van der Waals surface area contributed by atoms with Gasteiger partial charge in [0, 0.05) is 12.1 Å². The number of para-hydroxylation sites is 1. The minimum atomic E-state index is -4.71. The van der Waals surface area contributed by atoms with Crippen LogP contribution in [0.2, 0.25) is 5.02 Å². The normalized spacial score (nSPS) is 11.8. The Labute approximate surface area is 222 Å². The number of nitrogens with zero attached hydrogens (tertiary/aromatic N) is 3. The molecule has 0 saturated carbocycles. The molecule has 2 aromatic carbocycles. The molecule has 0 aliphatic rings. The topological polar surface area (TPSA) is 78.3 Å². The molecule has 0 saturated heterocycles. The maximum absolute atomic E-state index is 13.3. The minimum Gasteiger partial charge on any atom is -0.467 e. The summed E-state index contributed by atoms with van der Waals surface area (Å²) >= 11 is 6.12. The van der Waals surface area contributed by atoms with Crippen LogP contribution in [0.5, 0.6) is 17.5 Å². The number of benzene rings is 2. The Hall–Kier alpha value is -4.05. The van der Waals surface area contributed by atoms with Gasteiger partial charge in [0.25, 0.3) is 5.91 Å². The summed E-state index contributed by atoms with van der Waals surface area (Å²) in [6.07, 6.45) is -3.32. The largest absolute Gasteiger partial charge is 0.467 e. The number of hydrogen-bond donors (Lipinski definition) is 1. The van der Waals surface area contributed by atoms with Crippen LogP contribution in [0.15, 0.2) is 72.9 Å². The first-order valence-electron chi connectivity index (χ1n) is 11.5. The summed E-state index contributed by atoms with van der Waals surface area (Å²) in [6, 6.07) is 17.8. The van der Waals surface area contributed by atoms with Crippen molar-refractivity contribution in [3.63, 3.8) is 0 Å². The minimum absolute atomic E-state index is 0.0230. The monoisotopic (exact) mass is 544 g/mol. The lowest BCUT2D eigenvalue weighted by Crippen LogP contribution is -2.21. The third kappa shape index (κ3) is 6.63. The standard InChI is InChI=1S/C27H24ClF3N4O3/c1-26(2,3)17-8-11-19(12-9-17)38-24-13-10-18(15-32-24)33-23(36)16-37-25-14-22(27(29,30)31)34-35(25)21-7-5-4-6-20(21)28/h4-15H,16H2,1-3H3,(H,33,36). The molecule has 11 heteroatoms. The maximum Gasteiger partial charge on any atom is 0.435 e. The van der Waals surface area contributed by atoms with E-state index in [0.29, 0.717) is 23.4 Å². The summed E-state index contributed by atoms with van der Waals surface area (Å²) in [6.45, 7) is 5.78. The molecule has 0 aliphatic carbocycles. The van der Waals surface area contributed by atoms with Crippen molar-refractivity contribution >= 4 is 23.2 Å². The molecule has 0 bridgehead atoms. The lowest BCUT2D eigenvalue weighted by Gasteiger charge is -2.19. The lowest BCUT2D eigenvalue weighted by atomic mass is 9.87. The van der Waals surface area contributed by atoms with Crippen LogP contribution in [-0.2, 0) is 16.4 Å². The van der Waals surface area contributed by atoms with E-state index in [1.165, 1.54) is 23.9 Å². The fraction of sp³-hybridized carbons (Fsp3) is 0.222. The summed E-state index contributed by atoms with van der Waals surface area (Å²) in [5.74, 6) is 0.0359. The fourth-order valence-corrected chi connectivity index (χ4v) is 3.61. The number of pyridine rings is 1. The molecule has 0 unspecified atom stereocenters. The second-order valence-corrected chi connectivity index (χ2v) is 9.73. The molecule has 2 heterocycles. The Morgan fingerprint density at radius 2 is 1.74 bits per heavy atom. The van der Waals surface area contributed by atoms with E-state index in [2.05, 4.69) is 36.2 Å². The fourth-order valence-electron chi connectivity index (χ4n) is 3.40. The van der Waals surface area contributed by atoms with Crippen LogP contribution >= 0.6 is 11.6 Å². The average Bonchev–Trinajstić information content (AvgIpc) is 3.29. The number of ether oxygens (including phenoxy) is 2. The second kappa shape index (κ2) is 10.7. The van der Waals surface area contributed by atoms with Crippen LogP contribution in [0.3, 0.4) is 0 Å². The molecule has 198 valence electrons. The Morgan fingerprint density at radius 1 is 1.03 bits per heavy atom. The predicted molar refractivity (Wildman–Crippen MR) is 137 cm³/mol. The van der Waals surface area contributed by atoms with Crippen molar-refractivity contribution in [1.29, 1.82) is 0 Å². The van der Waals surface area contributed by atoms with Gasteiger partial charge in [0.1, 0.15) is 5.75 Å². The summed E-state index contributed by atoms with van der Waals surface area (Å²) in [4.78, 5) is 16.6. The Balaban J connectivity index is 1.39. The summed E-state index contributed by atoms with van der Waals surface area (Å²) in [5, 5.41) is 6.30. The number of amides is 1. The van der Waals surface area contributed by atoms with Crippen LogP contribution in [-0.4, -0.2) is 27.3 Å². The first-order chi connectivity index (χ1) is 17.9. The van der Waals surface area contributed by atoms with Gasteiger partial charge in [-0.3, -0.25) is 4.79 Å². The lowest BCUT2D eigenvalue weighted by molar-refractivity contribution is -0.141. The molecule has 2 aromatic heterocycles. The van der Waals surface area contributed by atoms with E-state index in [0.717, 1.165) is 4.68 Å². The average molecular weight is 545 g/mol. The van der Waals surface area contributed by atoms with E-state index in [4.69, 9.17) is 21.1 Å². The van der Waals surface area contributed by atoms with Crippen molar-refractivity contribution in [2.24, 2.45) is 0 Å². The smallest absolute Gasteiger partial charge is 0.435 e. The highest BCUT2D eigenvalue weighted by Gasteiger charge is 2.36. The SMILES string of the molecule is CC(C)(C)c1ccc(Oc2ccc(NC(=O)COc3cc(C(F)(F)F)nn3-c3ccccc3Cl)cn2)cc1. The highest BCUT2D eigenvalue weighted by Crippen LogP contribution is 2.33. The number of hydrogen-bond acceptors (Lipinski definition) is 5. The third-order valence-corrected chi connectivity index (χ3v) is 5.68. The Bertz CT molecular complexity index is 1410. The Morgan fingerprint density at radius 3 is 2.34 bits per heavy atom. The molecular formula is C27H24ClF3N4O3. The van der Waals surface area contributed by atoms with Gasteiger partial charge in [-0.25, -0.2) is 4.98 Å². The van der Waals surface area contributed by atoms with Gasteiger partial charge in [-0.1, -0.05) is 56.6 Å². The molecule has 0 aliphatic heterocycles. The molecule has 0 spiro atoms. The van der Waals surface area contributed by atoms with Crippen LogP contribution in [0.25, 0.3) is 5.69 Å². The highest BCUT2D eigenvalue weighted by molar-refractivity contribution is 6.32. The van der Waals surface area contributed by atoms with Gasteiger partial charge in [0.05, 0.1) is 22.6 Å². The van der Waals surface area contributed by atoms with Crippen molar-refractivity contribution in [2.45, 2.75) is 32.4 Å². The van der Waals surface area contributed by atoms with Crippen molar-refractivity contribution in [3.05, 3.63) is 89.2 Å². The van der Waals surface area contributed by atoms with Gasteiger partial charge in [0.2, 0.25) is 11.8 Å². The van der Waals surface area contributed by atoms with Crippen LogP contribution < -0.4 is 14.8 Å². The molecule has 1 N–H and O–H groups in total. The zero-order valence-electron chi connectivity index (χ0n) is 20.7. The van der Waals surface area contributed by atoms with E-state index < -0.39 is 24.4 Å². The van der Waals surface area contributed by atoms with Crippen molar-refractivity contribution in [2.75, 3.05) is 11.9 Å². The first-order valence-corrected chi connectivity index (χ1v) is 11.9. The number of rotatable bonds is 7. The van der Waals surface area contributed by atoms with E-state index in [-0.39, 0.29) is 22.0 Å². The van der Waals surface area contributed by atoms with Gasteiger partial charge in [-0.15, -0.1) is 0 Å². The van der Waals surface area contributed by atoms with Gasteiger partial charge in [-0.2, -0.15) is 23.0 Å². The Kier molecular flexibility index (Phi) is 7.63. The zero-order chi connectivity index (χ0) is 27.5. The van der Waals surface area contributed by atoms with Crippen LogP contribution in [0.4, 0.5) is 18.9 Å². The molecule has 0 fully saturated rings. The van der Waals surface area contributed by atoms with E-state index >= 15 is 0 Å². The maximum atomic E-state index is 13.3. The summed E-state index contributed by atoms with van der Waals surface area (Å²) < 4.78 is 51.8. The van der Waals surface area contributed by atoms with Crippen LogP contribution in [0.1, 0.15) is 32.0 Å². The number of carbonyl (C=O) groups excluding carboxylic acids is 1. The van der Waals surface area contributed by atoms with Gasteiger partial charge < -0.3 is 14.8 Å². The molecule has 0 atom stereocenters. The number of alkyl halides is 3.